The highest BCUT2D eigenvalue weighted by atomic mass is 16.1. The molecule has 0 aliphatic carbocycles. The highest BCUT2D eigenvalue weighted by Crippen LogP contribution is 2.15. The van der Waals surface area contributed by atoms with Gasteiger partial charge in [0, 0.05) is 11.3 Å². The van der Waals surface area contributed by atoms with Gasteiger partial charge in [-0.3, -0.25) is 4.79 Å². The summed E-state index contributed by atoms with van der Waals surface area (Å²) in [6, 6.07) is 7.25. The van der Waals surface area contributed by atoms with Crippen LogP contribution in [0.1, 0.15) is 29.3 Å². The molecule has 0 fully saturated rings. The van der Waals surface area contributed by atoms with Crippen molar-refractivity contribution in [2.24, 2.45) is 0 Å². The summed E-state index contributed by atoms with van der Waals surface area (Å²) in [4.78, 5) is 11.2. The maximum atomic E-state index is 11.2. The maximum absolute atomic E-state index is 11.2. The molecular weight excluding hydrogens is 188 g/mol. The summed E-state index contributed by atoms with van der Waals surface area (Å²) >= 11 is 0. The first kappa shape index (κ1) is 11.0. The lowest BCUT2D eigenvalue weighted by atomic mass is 10.1. The van der Waals surface area contributed by atoms with E-state index in [4.69, 9.17) is 11.0 Å². The topological polar surface area (TPSA) is 66.9 Å². The molecule has 15 heavy (non-hydrogen) atoms. The fourth-order valence-corrected chi connectivity index (χ4v) is 1.23. The van der Waals surface area contributed by atoms with Crippen molar-refractivity contribution in [3.8, 4) is 6.07 Å². The molecule has 0 heterocycles. The molecular formula is C12H12N2O. The van der Waals surface area contributed by atoms with E-state index in [1.165, 1.54) is 6.92 Å². The first-order chi connectivity index (χ1) is 7.15. The van der Waals surface area contributed by atoms with Crippen LogP contribution in [0.25, 0.3) is 6.08 Å². The van der Waals surface area contributed by atoms with Crippen LogP contribution in [0.4, 0.5) is 5.69 Å². The van der Waals surface area contributed by atoms with Crippen LogP contribution in [0.5, 0.6) is 0 Å². The highest BCUT2D eigenvalue weighted by molar-refractivity contribution is 5.99. The van der Waals surface area contributed by atoms with Crippen LogP contribution in [0.2, 0.25) is 0 Å². The van der Waals surface area contributed by atoms with Crippen LogP contribution in [0, 0.1) is 11.3 Å². The molecule has 1 aromatic rings. The van der Waals surface area contributed by atoms with Crippen LogP contribution < -0.4 is 5.73 Å². The molecule has 0 bridgehead atoms. The van der Waals surface area contributed by atoms with Gasteiger partial charge in [-0.1, -0.05) is 18.2 Å². The average molecular weight is 200 g/mol. The Hall–Kier alpha value is -2.08. The van der Waals surface area contributed by atoms with Gasteiger partial charge in [-0.25, -0.2) is 0 Å². The van der Waals surface area contributed by atoms with Gasteiger partial charge >= 0.3 is 0 Å². The monoisotopic (exact) mass is 200 g/mol. The number of nitriles is 1. The lowest BCUT2D eigenvalue weighted by Crippen LogP contribution is -1.99. The first-order valence-corrected chi connectivity index (χ1v) is 4.59. The fourth-order valence-electron chi connectivity index (χ4n) is 1.23. The van der Waals surface area contributed by atoms with Gasteiger partial charge in [0.15, 0.2) is 5.78 Å². The summed E-state index contributed by atoms with van der Waals surface area (Å²) < 4.78 is 0. The number of Topliss-reactive ketones (excluding diaryl/α,β-unsaturated/α-hetero) is 1. The van der Waals surface area contributed by atoms with Crippen LogP contribution in [-0.2, 0) is 0 Å². The molecule has 0 radical (unpaired) electrons. The molecule has 0 spiro atoms. The van der Waals surface area contributed by atoms with Gasteiger partial charge in [0.2, 0.25) is 0 Å². The van der Waals surface area contributed by atoms with Crippen LogP contribution in [-0.4, -0.2) is 5.78 Å². The number of carbonyl (C=O) groups is 1. The zero-order chi connectivity index (χ0) is 11.3. The van der Waals surface area contributed by atoms with E-state index in [2.05, 4.69) is 0 Å². The van der Waals surface area contributed by atoms with E-state index in [0.717, 1.165) is 5.56 Å². The Bertz CT molecular complexity index is 441. The molecule has 3 nitrogen and oxygen atoms in total. The fraction of sp³-hybridized carbons (Fsp3) is 0.167. The lowest BCUT2D eigenvalue weighted by molar-refractivity contribution is 0.101. The van der Waals surface area contributed by atoms with Crippen LogP contribution in [0.15, 0.2) is 24.3 Å². The van der Waals surface area contributed by atoms with Crippen molar-refractivity contribution in [1.82, 2.24) is 0 Å². The van der Waals surface area contributed by atoms with Gasteiger partial charge in [0.05, 0.1) is 12.5 Å². The molecule has 0 aromatic heterocycles. The van der Waals surface area contributed by atoms with Crippen molar-refractivity contribution in [2.75, 3.05) is 5.73 Å². The Morgan fingerprint density at radius 3 is 2.93 bits per heavy atom. The maximum Gasteiger partial charge on any atom is 0.161 e. The number of nitrogens with two attached hydrogens (primary N) is 1. The first-order valence-electron chi connectivity index (χ1n) is 4.59. The van der Waals surface area contributed by atoms with Crippen molar-refractivity contribution in [1.29, 1.82) is 5.26 Å². The normalized spacial score (nSPS) is 10.1. The number of anilines is 1. The minimum absolute atomic E-state index is 0.0527. The van der Waals surface area contributed by atoms with Gasteiger partial charge in [-0.05, 0) is 24.6 Å². The van der Waals surface area contributed by atoms with Gasteiger partial charge < -0.3 is 5.73 Å². The number of carbonyl (C=O) groups excluding carboxylic acids is 1. The molecule has 0 aliphatic heterocycles. The van der Waals surface area contributed by atoms with E-state index in [1.54, 1.807) is 24.3 Å². The van der Waals surface area contributed by atoms with E-state index in [0.29, 0.717) is 17.7 Å². The average Bonchev–Trinajstić information content (AvgIpc) is 2.20. The quantitative estimate of drug-likeness (QED) is 0.601. The van der Waals surface area contributed by atoms with Crippen molar-refractivity contribution < 1.29 is 4.79 Å². The second-order valence-corrected chi connectivity index (χ2v) is 3.17. The van der Waals surface area contributed by atoms with Crippen LogP contribution >= 0.6 is 0 Å². The van der Waals surface area contributed by atoms with E-state index >= 15 is 0 Å². The van der Waals surface area contributed by atoms with Crippen molar-refractivity contribution >= 4 is 17.5 Å². The summed E-state index contributed by atoms with van der Waals surface area (Å²) in [7, 11) is 0. The third-order valence-corrected chi connectivity index (χ3v) is 1.98. The Kier molecular flexibility index (Phi) is 3.64. The number of hydrogen-bond donors (Lipinski definition) is 1. The summed E-state index contributed by atoms with van der Waals surface area (Å²) in [6.45, 7) is 1.48. The summed E-state index contributed by atoms with van der Waals surface area (Å²) in [5, 5.41) is 8.36. The van der Waals surface area contributed by atoms with E-state index in [-0.39, 0.29) is 5.78 Å². The second-order valence-electron chi connectivity index (χ2n) is 3.17. The summed E-state index contributed by atoms with van der Waals surface area (Å²) in [5.74, 6) is -0.0527. The predicted molar refractivity (Wildman–Crippen MR) is 60.1 cm³/mol. The predicted octanol–water partition coefficient (Wildman–Crippen LogP) is 2.40. The van der Waals surface area contributed by atoms with Gasteiger partial charge in [0.1, 0.15) is 0 Å². The van der Waals surface area contributed by atoms with Gasteiger partial charge in [-0.2, -0.15) is 5.26 Å². The van der Waals surface area contributed by atoms with Crippen molar-refractivity contribution in [3.63, 3.8) is 0 Å². The minimum Gasteiger partial charge on any atom is -0.398 e. The number of rotatable bonds is 3. The summed E-state index contributed by atoms with van der Waals surface area (Å²) in [5.41, 5.74) is 7.54. The lowest BCUT2D eigenvalue weighted by Gasteiger charge is -2.02. The Balaban J connectivity index is 2.98. The van der Waals surface area contributed by atoms with Crippen molar-refractivity contribution in [2.45, 2.75) is 13.3 Å². The molecule has 0 unspecified atom stereocenters. The molecule has 76 valence electrons. The zero-order valence-electron chi connectivity index (χ0n) is 8.53. The highest BCUT2D eigenvalue weighted by Gasteiger charge is 2.03. The molecule has 0 atom stereocenters. The number of hydrogen-bond acceptors (Lipinski definition) is 3. The number of nitrogen functional groups attached to an aromatic ring is 1. The molecule has 1 aromatic carbocycles. The van der Waals surface area contributed by atoms with E-state index in [1.807, 2.05) is 12.1 Å². The molecule has 0 saturated heterocycles. The smallest absolute Gasteiger partial charge is 0.161 e. The molecule has 0 saturated carbocycles. The number of allylic oxidation sites excluding steroid dienone is 1. The third-order valence-electron chi connectivity index (χ3n) is 1.98. The second kappa shape index (κ2) is 4.97. The largest absolute Gasteiger partial charge is 0.398 e. The van der Waals surface area contributed by atoms with Gasteiger partial charge in [0.25, 0.3) is 0 Å². The third kappa shape index (κ3) is 2.96. The molecule has 1 rings (SSSR count). The molecule has 2 N–H and O–H groups in total. The van der Waals surface area contributed by atoms with Gasteiger partial charge in [-0.15, -0.1) is 0 Å². The Morgan fingerprint density at radius 1 is 1.60 bits per heavy atom. The zero-order valence-corrected chi connectivity index (χ0v) is 8.53. The Labute approximate surface area is 88.8 Å². The Morgan fingerprint density at radius 2 is 2.33 bits per heavy atom. The summed E-state index contributed by atoms with van der Waals surface area (Å²) in [6.07, 6.45) is 3.91. The number of ketones is 1. The van der Waals surface area contributed by atoms with Crippen molar-refractivity contribution in [3.05, 3.63) is 35.4 Å². The van der Waals surface area contributed by atoms with E-state index in [9.17, 15) is 4.79 Å². The number of benzene rings is 1. The standard InChI is InChI=1S/C12H12N2O/c1-9(15)11-8-10(4-2-3-7-13)5-6-12(11)14/h2,4-6,8H,3,14H2,1H3. The SMILES string of the molecule is CC(=O)c1cc(C=CCC#N)ccc1N. The van der Waals surface area contributed by atoms with E-state index < -0.39 is 0 Å². The molecule has 3 heteroatoms. The molecule has 0 aliphatic rings. The minimum atomic E-state index is -0.0527. The molecule has 0 amide bonds. The number of nitrogens with zero attached hydrogens (tertiary/aromatic N) is 1. The van der Waals surface area contributed by atoms with Crippen LogP contribution in [0.3, 0.4) is 0 Å².